The van der Waals surface area contributed by atoms with E-state index in [0.29, 0.717) is 5.92 Å². The molecule has 0 aliphatic heterocycles. The number of aromatic nitrogens is 4. The van der Waals surface area contributed by atoms with Crippen LogP contribution < -0.4 is 5.19 Å². The van der Waals surface area contributed by atoms with Crippen molar-refractivity contribution in [1.29, 1.82) is 0 Å². The minimum absolute atomic E-state index is 0. The molecule has 7 heteroatoms. The van der Waals surface area contributed by atoms with Crippen LogP contribution in [0.1, 0.15) is 51.4 Å². The number of fused-ring (bicyclic) bond motifs is 4. The Balaban J connectivity index is 0.000000238. The van der Waals surface area contributed by atoms with Crippen molar-refractivity contribution < 1.29 is 24.5 Å². The molecule has 0 saturated heterocycles. The molecule has 0 amide bonds. The predicted octanol–water partition coefficient (Wildman–Crippen LogP) is 15.0. The van der Waals surface area contributed by atoms with Crippen molar-refractivity contribution in [3.63, 3.8) is 0 Å². The molecular weight excluding hydrogens is 1000 g/mol. The third kappa shape index (κ3) is 9.39. The fourth-order valence-electron chi connectivity index (χ4n) is 8.78. The third-order valence-electron chi connectivity index (χ3n) is 12.0. The summed E-state index contributed by atoms with van der Waals surface area (Å²) >= 11 is 0. The Morgan fingerprint density at radius 2 is 1.35 bits per heavy atom. The number of hydrogen-bond donors (Lipinski definition) is 0. The quantitative estimate of drug-likeness (QED) is 0.112. The molecule has 1 radical (unpaired) electrons. The molecule has 4 aromatic heterocycles. The van der Waals surface area contributed by atoms with E-state index in [4.69, 9.17) is 9.40 Å². The molecule has 0 unspecified atom stereocenters. The average Bonchev–Trinajstić information content (AvgIpc) is 3.87. The molecule has 0 N–H and O–H groups in total. The molecule has 0 bridgehead atoms. The first-order valence-corrected chi connectivity index (χ1v) is 26.2. The minimum Gasteiger partial charge on any atom is -0.500 e. The van der Waals surface area contributed by atoms with Crippen molar-refractivity contribution in [2.75, 3.05) is 0 Å². The first-order valence-electron chi connectivity index (χ1n) is 22.7. The smallest absolute Gasteiger partial charge is 0.124 e. The molecule has 0 fully saturated rings. The Labute approximate surface area is 404 Å². The third-order valence-corrected chi connectivity index (χ3v) is 14.1. The van der Waals surface area contributed by atoms with E-state index in [-0.39, 0.29) is 25.5 Å². The Morgan fingerprint density at radius 3 is 1.97 bits per heavy atom. The fourth-order valence-corrected chi connectivity index (χ4v) is 10.4. The van der Waals surface area contributed by atoms with Gasteiger partial charge in [0.15, 0.2) is 0 Å². The summed E-state index contributed by atoms with van der Waals surface area (Å²) in [4.78, 5) is 14.5. The van der Waals surface area contributed by atoms with Crippen molar-refractivity contribution in [3.8, 4) is 50.6 Å². The number of para-hydroxylation sites is 2. The van der Waals surface area contributed by atoms with Crippen LogP contribution in [0.15, 0.2) is 162 Å². The molecule has 0 aliphatic rings. The summed E-state index contributed by atoms with van der Waals surface area (Å²) in [6.45, 7) is 20.5. The fraction of sp³-hybridized carbons (Fsp3) is 0.203. The van der Waals surface area contributed by atoms with E-state index in [1.807, 2.05) is 49.5 Å². The zero-order chi connectivity index (χ0) is 45.5. The molecule has 0 atom stereocenters. The average molecular weight is 1060 g/mol. The van der Waals surface area contributed by atoms with E-state index in [1.54, 1.807) is 0 Å². The number of aryl methyl sites for hydroxylation is 1. The Bertz CT molecular complexity index is 3230. The summed E-state index contributed by atoms with van der Waals surface area (Å²) in [6.07, 6.45) is 5.14. The van der Waals surface area contributed by atoms with Gasteiger partial charge >= 0.3 is 0 Å². The molecule has 0 saturated carbocycles. The van der Waals surface area contributed by atoms with Gasteiger partial charge in [0, 0.05) is 60.8 Å². The SMILES string of the molecule is CC(C)Cc1cc(-c2[c-]cccc2)ncc1[Si](C)(C)C.Cc1cc2oc3c(-c4nc5ccccc5n4-c4c(-c5ccccc5)cc(C(C)(C)C)cc4-c4ccccc4)[c-]ccc3c2cn1.[Ir]. The number of imidazole rings is 1. The van der Waals surface area contributed by atoms with Gasteiger partial charge in [-0.25, -0.2) is 0 Å². The van der Waals surface area contributed by atoms with E-state index in [0.717, 1.165) is 95.7 Å². The van der Waals surface area contributed by atoms with Crippen LogP contribution in [-0.2, 0) is 31.9 Å². The van der Waals surface area contributed by atoms with Crippen molar-refractivity contribution >= 4 is 46.2 Å². The number of benzene rings is 6. The zero-order valence-electron chi connectivity index (χ0n) is 39.3. The predicted molar refractivity (Wildman–Crippen MR) is 275 cm³/mol. The summed E-state index contributed by atoms with van der Waals surface area (Å²) < 4.78 is 8.89. The molecule has 10 rings (SSSR count). The van der Waals surface area contributed by atoms with Gasteiger partial charge in [-0.3, -0.25) is 9.97 Å². The maximum absolute atomic E-state index is 6.57. The molecule has 333 valence electrons. The second-order valence-electron chi connectivity index (χ2n) is 19.5. The molecule has 66 heavy (non-hydrogen) atoms. The van der Waals surface area contributed by atoms with Crippen molar-refractivity contribution in [2.45, 2.75) is 73.0 Å². The van der Waals surface area contributed by atoms with E-state index in [2.05, 4.69) is 196 Å². The van der Waals surface area contributed by atoms with Gasteiger partial charge in [0.2, 0.25) is 0 Å². The first-order chi connectivity index (χ1) is 31.2. The molecule has 4 heterocycles. The van der Waals surface area contributed by atoms with Gasteiger partial charge in [0.1, 0.15) is 5.58 Å². The molecule has 6 aromatic carbocycles. The minimum atomic E-state index is -1.34. The second kappa shape index (κ2) is 18.9. The van der Waals surface area contributed by atoms with Crippen LogP contribution in [-0.4, -0.2) is 27.6 Å². The number of furan rings is 1. The zero-order valence-corrected chi connectivity index (χ0v) is 42.7. The van der Waals surface area contributed by atoms with Crippen LogP contribution in [0.3, 0.4) is 0 Å². The van der Waals surface area contributed by atoms with Crippen LogP contribution in [0.2, 0.25) is 19.6 Å². The summed E-state index contributed by atoms with van der Waals surface area (Å²) in [5.41, 5.74) is 15.7. The topological polar surface area (TPSA) is 56.7 Å². The second-order valence-corrected chi connectivity index (χ2v) is 24.6. The standard InChI is InChI=1S/C41H32N3O.C18H24NSi.Ir/c1-26-22-37-34(25-42-26)30-18-13-19-31(39(30)45-37)40-43-35-20-11-12-21-36(35)44(40)38-32(27-14-7-5-8-15-27)23-29(41(2,3)4)24-33(38)28-16-9-6-10-17-28;1-14(2)11-16-12-17(15-9-7-6-8-10-15)19-13-18(16)20(3,4)5;/h5-18,20-25H,1-4H3;6-9,12-14H,11H2,1-5H3;/q2*-1;. The monoisotopic (exact) mass is 1060 g/mol. The van der Waals surface area contributed by atoms with Gasteiger partial charge < -0.3 is 14.0 Å². The van der Waals surface area contributed by atoms with Gasteiger partial charge in [-0.2, -0.15) is 0 Å². The van der Waals surface area contributed by atoms with E-state index in [1.165, 1.54) is 16.3 Å². The molecular formula is C59H56IrN4OSi-2. The van der Waals surface area contributed by atoms with E-state index < -0.39 is 8.07 Å². The maximum atomic E-state index is 6.57. The van der Waals surface area contributed by atoms with Crippen LogP contribution in [0, 0.1) is 25.0 Å². The van der Waals surface area contributed by atoms with Crippen LogP contribution >= 0.6 is 0 Å². The normalized spacial score (nSPS) is 11.8. The Hall–Kier alpha value is -6.24. The number of pyridine rings is 2. The van der Waals surface area contributed by atoms with E-state index in [9.17, 15) is 0 Å². The maximum Gasteiger partial charge on any atom is 0.124 e. The number of nitrogens with zero attached hydrogens (tertiary/aromatic N) is 4. The Morgan fingerprint density at radius 1 is 0.697 bits per heavy atom. The molecule has 10 aromatic rings. The van der Waals surface area contributed by atoms with Crippen LogP contribution in [0.5, 0.6) is 0 Å². The van der Waals surface area contributed by atoms with Crippen LogP contribution in [0.4, 0.5) is 0 Å². The van der Waals surface area contributed by atoms with Gasteiger partial charge in [-0.1, -0.05) is 150 Å². The summed E-state index contributed by atoms with van der Waals surface area (Å²) in [5, 5.41) is 3.48. The molecule has 0 spiro atoms. The van der Waals surface area contributed by atoms with Gasteiger partial charge in [0.05, 0.1) is 36.2 Å². The van der Waals surface area contributed by atoms with Crippen molar-refractivity contribution in [3.05, 3.63) is 187 Å². The summed E-state index contributed by atoms with van der Waals surface area (Å²) in [6, 6.07) is 57.6. The Kier molecular flexibility index (Phi) is 13.3. The van der Waals surface area contributed by atoms with Crippen LogP contribution in [0.25, 0.3) is 83.6 Å². The molecule has 0 aliphatic carbocycles. The van der Waals surface area contributed by atoms with Crippen molar-refractivity contribution in [2.24, 2.45) is 5.92 Å². The first kappa shape index (κ1) is 46.3. The van der Waals surface area contributed by atoms with E-state index >= 15 is 0 Å². The summed E-state index contributed by atoms with van der Waals surface area (Å²) in [7, 11) is -1.34. The number of hydrogen-bond acceptors (Lipinski definition) is 4. The van der Waals surface area contributed by atoms with Gasteiger partial charge in [-0.05, 0) is 76.5 Å². The van der Waals surface area contributed by atoms with Gasteiger partial charge in [-0.15, -0.1) is 54.1 Å². The number of rotatable bonds is 8. The molecule has 5 nitrogen and oxygen atoms in total. The van der Waals surface area contributed by atoms with Crippen molar-refractivity contribution in [1.82, 2.24) is 19.5 Å². The largest absolute Gasteiger partial charge is 0.500 e. The summed E-state index contributed by atoms with van der Waals surface area (Å²) in [5.74, 6) is 1.45. The van der Waals surface area contributed by atoms with Gasteiger partial charge in [0.25, 0.3) is 0 Å².